The molecule has 0 aromatic heterocycles. The predicted molar refractivity (Wildman–Crippen MR) is 154 cm³/mol. The fourth-order valence-corrected chi connectivity index (χ4v) is 4.85. The molecular weight excluding hydrogens is 549 g/mol. The topological polar surface area (TPSA) is 94.1 Å². The Morgan fingerprint density at radius 3 is 2.40 bits per heavy atom. The number of nitrogens with zero attached hydrogens (tertiary/aromatic N) is 2. The van der Waals surface area contributed by atoms with Gasteiger partial charge in [0.15, 0.2) is 5.75 Å². The molecule has 11 heteroatoms. The number of nitrogens with one attached hydrogen (secondary N) is 2. The van der Waals surface area contributed by atoms with Crippen LogP contribution in [-0.4, -0.2) is 65.7 Å². The van der Waals surface area contributed by atoms with Crippen molar-refractivity contribution in [2.45, 2.75) is 38.7 Å². The zero-order valence-electron chi connectivity index (χ0n) is 23.7. The molecule has 0 aliphatic carbocycles. The van der Waals surface area contributed by atoms with Gasteiger partial charge in [0.05, 0.1) is 29.5 Å². The summed E-state index contributed by atoms with van der Waals surface area (Å²) >= 11 is 0. The van der Waals surface area contributed by atoms with E-state index in [1.165, 1.54) is 12.1 Å². The molecule has 0 radical (unpaired) electrons. The number of benzene rings is 3. The Morgan fingerprint density at radius 2 is 1.76 bits per heavy atom. The van der Waals surface area contributed by atoms with Crippen molar-refractivity contribution in [2.75, 3.05) is 37.4 Å². The fourth-order valence-electron chi connectivity index (χ4n) is 4.85. The minimum absolute atomic E-state index is 0.197. The van der Waals surface area contributed by atoms with Crippen molar-refractivity contribution >= 4 is 23.3 Å². The molecule has 3 amide bonds. The number of hydrogen-bond donors (Lipinski definition) is 3. The van der Waals surface area contributed by atoms with Crippen LogP contribution in [0.4, 0.5) is 29.3 Å². The van der Waals surface area contributed by atoms with Crippen LogP contribution in [-0.2, 0) is 12.7 Å². The van der Waals surface area contributed by atoms with E-state index in [-0.39, 0.29) is 29.7 Å². The highest BCUT2D eigenvalue weighted by molar-refractivity contribution is 6.04. The first-order valence-electron chi connectivity index (χ1n) is 13.7. The largest absolute Gasteiger partial charge is 0.486 e. The number of anilines is 2. The van der Waals surface area contributed by atoms with Crippen molar-refractivity contribution in [3.8, 4) is 5.75 Å². The molecule has 1 aliphatic rings. The molecule has 0 bridgehead atoms. The highest BCUT2D eigenvalue weighted by Crippen LogP contribution is 2.35. The number of rotatable bonds is 8. The van der Waals surface area contributed by atoms with E-state index < -0.39 is 29.9 Å². The number of likely N-dealkylation sites (N-methyl/N-ethyl adjacent to an activating group) is 1. The van der Waals surface area contributed by atoms with Crippen molar-refractivity contribution in [1.82, 2.24) is 9.80 Å². The minimum Gasteiger partial charge on any atom is -0.486 e. The van der Waals surface area contributed by atoms with E-state index in [2.05, 4.69) is 10.6 Å². The summed E-state index contributed by atoms with van der Waals surface area (Å²) in [7, 11) is 1.84. The first-order chi connectivity index (χ1) is 20.0. The first-order valence-corrected chi connectivity index (χ1v) is 13.7. The van der Waals surface area contributed by atoms with E-state index >= 15 is 0 Å². The first kappa shape index (κ1) is 30.9. The van der Waals surface area contributed by atoms with Crippen LogP contribution >= 0.6 is 0 Å². The summed E-state index contributed by atoms with van der Waals surface area (Å²) < 4.78 is 45.5. The maximum absolute atomic E-state index is 13.6. The van der Waals surface area contributed by atoms with Crippen molar-refractivity contribution < 1.29 is 32.6 Å². The quantitative estimate of drug-likeness (QED) is 0.316. The summed E-state index contributed by atoms with van der Waals surface area (Å²) in [6, 6.07) is 17.9. The zero-order valence-corrected chi connectivity index (χ0v) is 23.7. The Morgan fingerprint density at radius 1 is 1.07 bits per heavy atom. The van der Waals surface area contributed by atoms with E-state index in [1.807, 2.05) is 24.9 Å². The van der Waals surface area contributed by atoms with Crippen LogP contribution in [0.2, 0.25) is 0 Å². The normalized spacial score (nSPS) is 18.0. The number of alkyl halides is 3. The van der Waals surface area contributed by atoms with Gasteiger partial charge < -0.3 is 25.4 Å². The smallest absolute Gasteiger partial charge is 0.416 e. The number of ether oxygens (including phenoxy) is 1. The third-order valence-electron chi connectivity index (χ3n) is 7.20. The molecule has 3 atom stereocenters. The monoisotopic (exact) mass is 584 g/mol. The van der Waals surface area contributed by atoms with Gasteiger partial charge in [0.2, 0.25) is 0 Å². The molecule has 8 nitrogen and oxygen atoms in total. The van der Waals surface area contributed by atoms with Gasteiger partial charge in [-0.1, -0.05) is 43.3 Å². The van der Waals surface area contributed by atoms with E-state index in [0.717, 1.165) is 12.1 Å². The van der Waals surface area contributed by atoms with Crippen LogP contribution in [0.15, 0.2) is 72.8 Å². The summed E-state index contributed by atoms with van der Waals surface area (Å²) in [6.07, 6.45) is -4.87. The van der Waals surface area contributed by atoms with E-state index in [4.69, 9.17) is 4.74 Å². The average Bonchev–Trinajstić information content (AvgIpc) is 2.95. The fraction of sp³-hybridized carbons (Fsp3) is 0.355. The van der Waals surface area contributed by atoms with Crippen molar-refractivity contribution in [1.29, 1.82) is 0 Å². The van der Waals surface area contributed by atoms with E-state index in [9.17, 15) is 27.9 Å². The minimum atomic E-state index is -4.40. The molecule has 1 heterocycles. The molecule has 0 fully saturated rings. The SMILES string of the molecule is C[C@@H]1CN([C@H](C)CO)C(=O)c2cccc(NC(=O)Nc3ccccc3)c2O[C@@H]1CN(C)Cc1ccc(C(F)(F)F)cc1. The molecule has 1 aliphatic heterocycles. The zero-order chi connectivity index (χ0) is 30.4. The van der Waals surface area contributed by atoms with Crippen LogP contribution in [0, 0.1) is 5.92 Å². The van der Waals surface area contributed by atoms with E-state index in [1.54, 1.807) is 54.3 Å². The lowest BCUT2D eigenvalue weighted by Gasteiger charge is -2.38. The standard InChI is InChI=1S/C31H35F3N4O4/c1-20-16-38(21(2)19-39)29(40)25-10-7-11-26(36-30(41)35-24-8-5-4-6-9-24)28(25)42-27(20)18-37(3)17-22-12-14-23(15-13-22)31(32,33)34/h4-15,20-21,27,39H,16-19H2,1-3H3,(H2,35,36,41)/t20-,21-,27-/m1/s1. The molecule has 3 aromatic carbocycles. The van der Waals surface area contributed by atoms with Crippen LogP contribution in [0.1, 0.15) is 35.3 Å². The molecule has 0 spiro atoms. The van der Waals surface area contributed by atoms with Crippen molar-refractivity contribution in [2.24, 2.45) is 5.92 Å². The van der Waals surface area contributed by atoms with Gasteiger partial charge in [0, 0.05) is 31.2 Å². The number of halogens is 3. The maximum Gasteiger partial charge on any atom is 0.416 e. The van der Waals surface area contributed by atoms with Crippen LogP contribution in [0.3, 0.4) is 0 Å². The Hall–Kier alpha value is -4.09. The van der Waals surface area contributed by atoms with Gasteiger partial charge >= 0.3 is 12.2 Å². The molecule has 4 rings (SSSR count). The molecule has 3 N–H and O–H groups in total. The number of carbonyl (C=O) groups is 2. The van der Waals surface area contributed by atoms with Crippen LogP contribution < -0.4 is 15.4 Å². The summed E-state index contributed by atoms with van der Waals surface area (Å²) in [6.45, 7) is 4.52. The van der Waals surface area contributed by atoms with Gasteiger partial charge in [-0.05, 0) is 55.9 Å². The van der Waals surface area contributed by atoms with Crippen LogP contribution in [0.25, 0.3) is 0 Å². The molecule has 0 saturated carbocycles. The number of fused-ring (bicyclic) bond motifs is 1. The second-order valence-corrected chi connectivity index (χ2v) is 10.6. The van der Waals surface area contributed by atoms with Gasteiger partial charge in [-0.15, -0.1) is 0 Å². The number of amides is 3. The number of aliphatic hydroxyl groups excluding tert-OH is 1. The molecule has 0 saturated heterocycles. The Balaban J connectivity index is 1.60. The maximum atomic E-state index is 13.6. The van der Waals surface area contributed by atoms with E-state index in [0.29, 0.717) is 36.6 Å². The van der Waals surface area contributed by atoms with Gasteiger partial charge in [-0.3, -0.25) is 9.69 Å². The molecule has 3 aromatic rings. The number of urea groups is 1. The second kappa shape index (κ2) is 13.3. The highest BCUT2D eigenvalue weighted by atomic mass is 19.4. The third kappa shape index (κ3) is 7.59. The Kier molecular flexibility index (Phi) is 9.74. The Labute approximate surface area is 243 Å². The summed E-state index contributed by atoms with van der Waals surface area (Å²) in [4.78, 5) is 30.0. The third-order valence-corrected chi connectivity index (χ3v) is 7.20. The van der Waals surface area contributed by atoms with Gasteiger partial charge in [-0.2, -0.15) is 13.2 Å². The van der Waals surface area contributed by atoms with Gasteiger partial charge in [0.25, 0.3) is 5.91 Å². The van der Waals surface area contributed by atoms with Crippen LogP contribution in [0.5, 0.6) is 5.75 Å². The predicted octanol–water partition coefficient (Wildman–Crippen LogP) is 5.70. The van der Waals surface area contributed by atoms with Crippen molar-refractivity contribution in [3.63, 3.8) is 0 Å². The van der Waals surface area contributed by atoms with Gasteiger partial charge in [-0.25, -0.2) is 4.79 Å². The highest BCUT2D eigenvalue weighted by Gasteiger charge is 2.35. The average molecular weight is 585 g/mol. The second-order valence-electron chi connectivity index (χ2n) is 10.6. The number of para-hydroxylation sites is 2. The lowest BCUT2D eigenvalue weighted by Crippen LogP contribution is -2.49. The lowest BCUT2D eigenvalue weighted by molar-refractivity contribution is -0.137. The molecule has 224 valence electrons. The molecule has 42 heavy (non-hydrogen) atoms. The summed E-state index contributed by atoms with van der Waals surface area (Å²) in [5, 5.41) is 15.4. The van der Waals surface area contributed by atoms with Crippen molar-refractivity contribution in [3.05, 3.63) is 89.5 Å². The summed E-state index contributed by atoms with van der Waals surface area (Å²) in [5.41, 5.74) is 1.13. The van der Waals surface area contributed by atoms with Gasteiger partial charge in [0.1, 0.15) is 6.10 Å². The number of hydrogen-bond acceptors (Lipinski definition) is 5. The summed E-state index contributed by atoms with van der Waals surface area (Å²) in [5.74, 6) is -0.320. The molecule has 0 unspecified atom stereocenters. The Bertz CT molecular complexity index is 1370. The lowest BCUT2D eigenvalue weighted by atomic mass is 9.98. The number of carbonyl (C=O) groups excluding carboxylic acids is 2. The number of aliphatic hydroxyl groups is 1. The molecular formula is C31H35F3N4O4.